The second-order valence-electron chi connectivity index (χ2n) is 5.97. The van der Waals surface area contributed by atoms with Crippen molar-refractivity contribution in [1.82, 2.24) is 4.90 Å². The van der Waals surface area contributed by atoms with Crippen molar-refractivity contribution in [2.45, 2.75) is 19.9 Å². The van der Waals surface area contributed by atoms with Crippen molar-refractivity contribution in [1.29, 1.82) is 0 Å². The fourth-order valence-electron chi connectivity index (χ4n) is 2.88. The van der Waals surface area contributed by atoms with Crippen molar-refractivity contribution >= 4 is 23.2 Å². The molecule has 0 radical (unpaired) electrons. The summed E-state index contributed by atoms with van der Waals surface area (Å²) in [7, 11) is 0. The van der Waals surface area contributed by atoms with Crippen molar-refractivity contribution in [3.8, 4) is 0 Å². The van der Waals surface area contributed by atoms with Crippen LogP contribution in [0.3, 0.4) is 0 Å². The Labute approximate surface area is 143 Å². The first-order valence-corrected chi connectivity index (χ1v) is 7.80. The van der Waals surface area contributed by atoms with Crippen LogP contribution in [0.25, 0.3) is 0 Å². The van der Waals surface area contributed by atoms with Crippen molar-refractivity contribution in [2.75, 3.05) is 11.9 Å². The molecule has 1 fully saturated rings. The molecule has 8 heteroatoms. The van der Waals surface area contributed by atoms with E-state index in [0.29, 0.717) is 17.9 Å². The molecule has 1 saturated heterocycles. The molecule has 0 saturated carbocycles. The predicted octanol–water partition coefficient (Wildman–Crippen LogP) is 2.48. The summed E-state index contributed by atoms with van der Waals surface area (Å²) in [5, 5.41) is 13.8. The molecule has 0 spiro atoms. The maximum Gasteiger partial charge on any atom is 0.293 e. The van der Waals surface area contributed by atoms with Gasteiger partial charge in [0.25, 0.3) is 5.69 Å². The molecule has 3 rings (SSSR count). The largest absolute Gasteiger partial charge is 0.467 e. The smallest absolute Gasteiger partial charge is 0.293 e. The molecule has 1 N–H and O–H groups in total. The van der Waals surface area contributed by atoms with Crippen LogP contribution in [0.2, 0.25) is 0 Å². The van der Waals surface area contributed by atoms with E-state index in [-0.39, 0.29) is 30.2 Å². The molecule has 1 aromatic carbocycles. The Balaban J connectivity index is 1.71. The SMILES string of the molecule is Cc1cccc([N+](=O)[O-])c1NC(=O)C1CC(=O)N(Cc2ccco2)C1. The van der Waals surface area contributed by atoms with Crippen molar-refractivity contribution < 1.29 is 18.9 Å². The van der Waals surface area contributed by atoms with Crippen LogP contribution in [0.15, 0.2) is 41.0 Å². The number of nitro groups is 1. The summed E-state index contributed by atoms with van der Waals surface area (Å²) in [5.41, 5.74) is 0.610. The highest BCUT2D eigenvalue weighted by molar-refractivity contribution is 5.99. The first kappa shape index (κ1) is 16.7. The minimum Gasteiger partial charge on any atom is -0.467 e. The van der Waals surface area contributed by atoms with E-state index in [1.54, 1.807) is 36.1 Å². The number of amides is 2. The van der Waals surface area contributed by atoms with Gasteiger partial charge in [0.1, 0.15) is 11.4 Å². The number of aryl methyl sites for hydroxylation is 1. The molecule has 0 bridgehead atoms. The highest BCUT2D eigenvalue weighted by Crippen LogP contribution is 2.29. The van der Waals surface area contributed by atoms with E-state index in [9.17, 15) is 19.7 Å². The Hall–Kier alpha value is -3.16. The van der Waals surface area contributed by atoms with Gasteiger partial charge >= 0.3 is 0 Å². The number of nitrogens with zero attached hydrogens (tertiary/aromatic N) is 2. The lowest BCUT2D eigenvalue weighted by Crippen LogP contribution is -2.28. The topological polar surface area (TPSA) is 106 Å². The van der Waals surface area contributed by atoms with Crippen LogP contribution in [0, 0.1) is 23.0 Å². The number of carbonyl (C=O) groups is 2. The number of nitrogens with one attached hydrogen (secondary N) is 1. The maximum atomic E-state index is 12.5. The number of hydrogen-bond acceptors (Lipinski definition) is 5. The summed E-state index contributed by atoms with van der Waals surface area (Å²) < 4.78 is 5.22. The zero-order valence-electron chi connectivity index (χ0n) is 13.6. The molecule has 1 aliphatic rings. The number of rotatable bonds is 5. The standard InChI is InChI=1S/C17H17N3O5/c1-11-4-2-6-14(20(23)24)16(11)18-17(22)12-8-15(21)19(9-12)10-13-5-3-7-25-13/h2-7,12H,8-10H2,1H3,(H,18,22). The molecule has 130 valence electrons. The van der Waals surface area contributed by atoms with E-state index in [1.165, 1.54) is 12.3 Å². The average Bonchev–Trinajstić information content (AvgIpc) is 3.20. The van der Waals surface area contributed by atoms with Gasteiger partial charge < -0.3 is 14.6 Å². The van der Waals surface area contributed by atoms with Crippen molar-refractivity contribution in [3.63, 3.8) is 0 Å². The highest BCUT2D eigenvalue weighted by Gasteiger charge is 2.35. The minimum absolute atomic E-state index is 0.0756. The third-order valence-corrected chi connectivity index (χ3v) is 4.21. The van der Waals surface area contributed by atoms with E-state index < -0.39 is 16.7 Å². The Morgan fingerprint density at radius 3 is 2.88 bits per heavy atom. The molecule has 2 aromatic rings. The average molecular weight is 343 g/mol. The zero-order valence-corrected chi connectivity index (χ0v) is 13.6. The van der Waals surface area contributed by atoms with E-state index in [1.807, 2.05) is 0 Å². The number of para-hydroxylation sites is 1. The molecule has 2 amide bonds. The van der Waals surface area contributed by atoms with Crippen LogP contribution in [0.4, 0.5) is 11.4 Å². The molecular weight excluding hydrogens is 326 g/mol. The van der Waals surface area contributed by atoms with Gasteiger partial charge in [-0.15, -0.1) is 0 Å². The van der Waals surface area contributed by atoms with E-state index in [0.717, 1.165) is 0 Å². The number of carbonyl (C=O) groups excluding carboxylic acids is 2. The number of likely N-dealkylation sites (tertiary alicyclic amines) is 1. The predicted molar refractivity (Wildman–Crippen MR) is 88.7 cm³/mol. The molecule has 1 aromatic heterocycles. The van der Waals surface area contributed by atoms with Gasteiger partial charge in [-0.05, 0) is 24.6 Å². The quantitative estimate of drug-likeness (QED) is 0.663. The molecule has 2 heterocycles. The summed E-state index contributed by atoms with van der Waals surface area (Å²) in [6.45, 7) is 2.25. The van der Waals surface area contributed by atoms with Gasteiger partial charge in [-0.2, -0.15) is 0 Å². The van der Waals surface area contributed by atoms with Crippen molar-refractivity contribution in [3.05, 3.63) is 58.0 Å². The Morgan fingerprint density at radius 2 is 2.20 bits per heavy atom. The lowest BCUT2D eigenvalue weighted by Gasteiger charge is -2.15. The summed E-state index contributed by atoms with van der Waals surface area (Å²) in [6, 6.07) is 8.08. The normalized spacial score (nSPS) is 16.9. The maximum absolute atomic E-state index is 12.5. The number of nitro benzene ring substituents is 1. The summed E-state index contributed by atoms with van der Waals surface area (Å²) in [5.74, 6) is -0.450. The van der Waals surface area contributed by atoms with E-state index in [4.69, 9.17) is 4.42 Å². The molecular formula is C17H17N3O5. The number of furan rings is 1. The van der Waals surface area contributed by atoms with Crippen molar-refractivity contribution in [2.24, 2.45) is 5.92 Å². The summed E-state index contributed by atoms with van der Waals surface area (Å²) in [6.07, 6.45) is 1.60. The van der Waals surface area contributed by atoms with Gasteiger partial charge in [-0.25, -0.2) is 0 Å². The highest BCUT2D eigenvalue weighted by atomic mass is 16.6. The lowest BCUT2D eigenvalue weighted by atomic mass is 10.1. The fourth-order valence-corrected chi connectivity index (χ4v) is 2.88. The van der Waals surface area contributed by atoms with Crippen LogP contribution in [0.5, 0.6) is 0 Å². The van der Waals surface area contributed by atoms with Crippen LogP contribution >= 0.6 is 0 Å². The lowest BCUT2D eigenvalue weighted by molar-refractivity contribution is -0.384. The second kappa shape index (κ2) is 6.76. The summed E-state index contributed by atoms with van der Waals surface area (Å²) in [4.78, 5) is 36.8. The Bertz CT molecular complexity index is 816. The van der Waals surface area contributed by atoms with Crippen LogP contribution < -0.4 is 5.32 Å². The minimum atomic E-state index is -0.554. The van der Waals surface area contributed by atoms with Gasteiger partial charge in [0.2, 0.25) is 11.8 Å². The number of hydrogen-bond donors (Lipinski definition) is 1. The molecule has 0 aliphatic carbocycles. The number of benzene rings is 1. The first-order chi connectivity index (χ1) is 12.0. The molecule has 1 atom stereocenters. The number of anilines is 1. The third kappa shape index (κ3) is 3.52. The Kier molecular flexibility index (Phi) is 4.51. The van der Waals surface area contributed by atoms with Gasteiger partial charge in [0, 0.05) is 19.0 Å². The van der Waals surface area contributed by atoms with E-state index >= 15 is 0 Å². The molecule has 25 heavy (non-hydrogen) atoms. The van der Waals surface area contributed by atoms with Crippen LogP contribution in [-0.4, -0.2) is 28.2 Å². The van der Waals surface area contributed by atoms with Crippen LogP contribution in [-0.2, 0) is 16.1 Å². The van der Waals surface area contributed by atoms with E-state index in [2.05, 4.69) is 5.32 Å². The van der Waals surface area contributed by atoms with Gasteiger partial charge in [-0.3, -0.25) is 19.7 Å². The molecule has 1 unspecified atom stereocenters. The van der Waals surface area contributed by atoms with Gasteiger partial charge in [0.15, 0.2) is 0 Å². The third-order valence-electron chi connectivity index (χ3n) is 4.21. The molecule has 1 aliphatic heterocycles. The van der Waals surface area contributed by atoms with Crippen LogP contribution in [0.1, 0.15) is 17.7 Å². The molecule has 8 nitrogen and oxygen atoms in total. The Morgan fingerprint density at radius 1 is 1.40 bits per heavy atom. The summed E-state index contributed by atoms with van der Waals surface area (Å²) >= 11 is 0. The zero-order chi connectivity index (χ0) is 18.0. The first-order valence-electron chi connectivity index (χ1n) is 7.80. The van der Waals surface area contributed by atoms with Gasteiger partial charge in [0.05, 0.1) is 23.6 Å². The second-order valence-corrected chi connectivity index (χ2v) is 5.97. The van der Waals surface area contributed by atoms with Gasteiger partial charge in [-0.1, -0.05) is 12.1 Å². The monoisotopic (exact) mass is 343 g/mol. The fraction of sp³-hybridized carbons (Fsp3) is 0.294.